The summed E-state index contributed by atoms with van der Waals surface area (Å²) in [7, 11) is 1.65. The zero-order valence-electron chi connectivity index (χ0n) is 12.4. The fourth-order valence-electron chi connectivity index (χ4n) is 2.47. The number of aromatic nitrogens is 1. The molecule has 0 bridgehead atoms. The van der Waals surface area contributed by atoms with Crippen LogP contribution in [-0.2, 0) is 6.42 Å². The fourth-order valence-corrected chi connectivity index (χ4v) is 2.47. The number of aromatic amines is 1. The van der Waals surface area contributed by atoms with E-state index in [2.05, 4.69) is 10.3 Å². The van der Waals surface area contributed by atoms with Crippen LogP contribution in [0.2, 0.25) is 0 Å². The number of para-hydroxylation sites is 1. The molecule has 0 saturated carbocycles. The molecule has 0 aliphatic heterocycles. The van der Waals surface area contributed by atoms with Crippen LogP contribution in [0, 0.1) is 0 Å². The van der Waals surface area contributed by atoms with Crippen LogP contribution < -0.4 is 10.1 Å². The number of H-pyrrole nitrogens is 1. The molecular formula is C18H18N2O2. The molecule has 112 valence electrons. The molecule has 0 fully saturated rings. The number of carbonyl (C=O) groups excluding carboxylic acids is 1. The molecule has 0 aliphatic rings. The maximum Gasteiger partial charge on any atom is 0.253 e. The molecule has 4 nitrogen and oxygen atoms in total. The van der Waals surface area contributed by atoms with Gasteiger partial charge in [-0.05, 0) is 30.2 Å². The van der Waals surface area contributed by atoms with Gasteiger partial charge in [-0.3, -0.25) is 4.79 Å². The highest BCUT2D eigenvalue weighted by molar-refractivity contribution is 6.06. The van der Waals surface area contributed by atoms with Crippen molar-refractivity contribution in [1.29, 1.82) is 0 Å². The summed E-state index contributed by atoms with van der Waals surface area (Å²) in [5.41, 5.74) is 2.83. The van der Waals surface area contributed by atoms with Crippen LogP contribution in [-0.4, -0.2) is 24.5 Å². The van der Waals surface area contributed by atoms with Crippen molar-refractivity contribution in [3.8, 4) is 5.75 Å². The highest BCUT2D eigenvalue weighted by Gasteiger charge is 2.10. The Morgan fingerprint density at radius 1 is 1.14 bits per heavy atom. The van der Waals surface area contributed by atoms with Crippen molar-refractivity contribution in [2.45, 2.75) is 6.42 Å². The molecule has 1 amide bonds. The maximum absolute atomic E-state index is 12.3. The minimum absolute atomic E-state index is 0.0500. The van der Waals surface area contributed by atoms with E-state index in [1.54, 1.807) is 13.3 Å². The van der Waals surface area contributed by atoms with Gasteiger partial charge >= 0.3 is 0 Å². The van der Waals surface area contributed by atoms with E-state index in [0.717, 1.165) is 23.1 Å². The molecule has 22 heavy (non-hydrogen) atoms. The first-order valence-corrected chi connectivity index (χ1v) is 7.25. The van der Waals surface area contributed by atoms with E-state index in [0.29, 0.717) is 12.1 Å². The molecule has 0 radical (unpaired) electrons. The molecule has 2 aromatic carbocycles. The number of ether oxygens (including phenoxy) is 1. The zero-order chi connectivity index (χ0) is 15.4. The van der Waals surface area contributed by atoms with Gasteiger partial charge in [-0.2, -0.15) is 0 Å². The molecule has 2 N–H and O–H groups in total. The summed E-state index contributed by atoms with van der Waals surface area (Å²) in [5.74, 6) is 0.789. The van der Waals surface area contributed by atoms with Gasteiger partial charge < -0.3 is 15.0 Å². The third-order valence-electron chi connectivity index (χ3n) is 3.69. The highest BCUT2D eigenvalue weighted by Crippen LogP contribution is 2.17. The summed E-state index contributed by atoms with van der Waals surface area (Å²) in [5, 5.41) is 3.91. The van der Waals surface area contributed by atoms with Gasteiger partial charge in [0.1, 0.15) is 5.75 Å². The first kappa shape index (κ1) is 14.2. The molecular weight excluding hydrogens is 276 g/mol. The number of hydrogen-bond donors (Lipinski definition) is 2. The largest absolute Gasteiger partial charge is 0.497 e. The predicted molar refractivity (Wildman–Crippen MR) is 87.3 cm³/mol. The van der Waals surface area contributed by atoms with Gasteiger partial charge in [0.25, 0.3) is 5.91 Å². The van der Waals surface area contributed by atoms with E-state index in [-0.39, 0.29) is 5.91 Å². The van der Waals surface area contributed by atoms with E-state index in [1.165, 1.54) is 5.56 Å². The zero-order valence-corrected chi connectivity index (χ0v) is 12.4. The highest BCUT2D eigenvalue weighted by atomic mass is 16.5. The number of nitrogens with one attached hydrogen (secondary N) is 2. The minimum atomic E-state index is -0.0500. The van der Waals surface area contributed by atoms with E-state index >= 15 is 0 Å². The van der Waals surface area contributed by atoms with Crippen molar-refractivity contribution in [2.24, 2.45) is 0 Å². The van der Waals surface area contributed by atoms with E-state index < -0.39 is 0 Å². The summed E-state index contributed by atoms with van der Waals surface area (Å²) in [6.07, 6.45) is 2.55. The Bertz CT molecular complexity index is 775. The fraction of sp³-hybridized carbons (Fsp3) is 0.167. The van der Waals surface area contributed by atoms with Crippen molar-refractivity contribution in [2.75, 3.05) is 13.7 Å². The van der Waals surface area contributed by atoms with Crippen LogP contribution in [0.5, 0.6) is 5.75 Å². The number of amides is 1. The average Bonchev–Trinajstić information content (AvgIpc) is 2.99. The second-order valence-corrected chi connectivity index (χ2v) is 5.10. The summed E-state index contributed by atoms with van der Waals surface area (Å²) >= 11 is 0. The Balaban J connectivity index is 1.60. The molecule has 0 saturated heterocycles. The summed E-state index contributed by atoms with van der Waals surface area (Å²) < 4.78 is 5.13. The Morgan fingerprint density at radius 2 is 1.91 bits per heavy atom. The Kier molecular flexibility index (Phi) is 4.10. The molecule has 1 heterocycles. The van der Waals surface area contributed by atoms with Crippen molar-refractivity contribution < 1.29 is 9.53 Å². The molecule has 0 spiro atoms. The van der Waals surface area contributed by atoms with Crippen LogP contribution in [0.4, 0.5) is 0 Å². The molecule has 3 rings (SSSR count). The number of fused-ring (bicyclic) bond motifs is 1. The Morgan fingerprint density at radius 3 is 2.68 bits per heavy atom. The predicted octanol–water partition coefficient (Wildman–Crippen LogP) is 3.15. The average molecular weight is 294 g/mol. The normalized spacial score (nSPS) is 10.6. The standard InChI is InChI=1S/C18H18N2O2/c1-22-14-8-6-13(7-9-14)10-11-19-18(21)16-12-20-17-5-3-2-4-15(16)17/h2-9,12,20H,10-11H2,1H3,(H,19,21). The second kappa shape index (κ2) is 6.35. The lowest BCUT2D eigenvalue weighted by Crippen LogP contribution is -2.25. The number of carbonyl (C=O) groups is 1. The van der Waals surface area contributed by atoms with E-state index in [9.17, 15) is 4.79 Å². The van der Waals surface area contributed by atoms with Crippen molar-refractivity contribution in [3.63, 3.8) is 0 Å². The van der Waals surface area contributed by atoms with Crippen LogP contribution in [0.15, 0.2) is 54.7 Å². The maximum atomic E-state index is 12.3. The van der Waals surface area contributed by atoms with Crippen LogP contribution >= 0.6 is 0 Å². The van der Waals surface area contributed by atoms with Crippen molar-refractivity contribution in [1.82, 2.24) is 10.3 Å². The topological polar surface area (TPSA) is 54.1 Å². The lowest BCUT2D eigenvalue weighted by molar-refractivity contribution is 0.0956. The van der Waals surface area contributed by atoms with Crippen LogP contribution in [0.1, 0.15) is 15.9 Å². The number of methoxy groups -OCH3 is 1. The van der Waals surface area contributed by atoms with Gasteiger partial charge in [0.2, 0.25) is 0 Å². The lowest BCUT2D eigenvalue weighted by atomic mass is 10.1. The summed E-state index contributed by atoms with van der Waals surface area (Å²) in [4.78, 5) is 15.4. The smallest absolute Gasteiger partial charge is 0.253 e. The first-order valence-electron chi connectivity index (χ1n) is 7.25. The van der Waals surface area contributed by atoms with Crippen molar-refractivity contribution in [3.05, 3.63) is 65.9 Å². The SMILES string of the molecule is COc1ccc(CCNC(=O)c2c[nH]c3ccccc23)cc1. The summed E-state index contributed by atoms with van der Waals surface area (Å²) in [6.45, 7) is 0.602. The molecule has 0 unspecified atom stereocenters. The monoisotopic (exact) mass is 294 g/mol. The van der Waals surface area contributed by atoms with Crippen molar-refractivity contribution >= 4 is 16.8 Å². The van der Waals surface area contributed by atoms with Gasteiger partial charge in [-0.1, -0.05) is 30.3 Å². The molecule has 0 aliphatic carbocycles. The first-order chi connectivity index (χ1) is 10.8. The summed E-state index contributed by atoms with van der Waals surface area (Å²) in [6, 6.07) is 15.7. The third-order valence-corrected chi connectivity index (χ3v) is 3.69. The molecule has 3 aromatic rings. The number of hydrogen-bond acceptors (Lipinski definition) is 2. The van der Waals surface area contributed by atoms with Crippen LogP contribution in [0.25, 0.3) is 10.9 Å². The van der Waals surface area contributed by atoms with Gasteiger partial charge in [0.15, 0.2) is 0 Å². The van der Waals surface area contributed by atoms with Crippen LogP contribution in [0.3, 0.4) is 0 Å². The van der Waals surface area contributed by atoms with Gasteiger partial charge in [0.05, 0.1) is 12.7 Å². The van der Waals surface area contributed by atoms with E-state index in [1.807, 2.05) is 48.5 Å². The van der Waals surface area contributed by atoms with E-state index in [4.69, 9.17) is 4.74 Å². The second-order valence-electron chi connectivity index (χ2n) is 5.10. The quantitative estimate of drug-likeness (QED) is 0.759. The number of rotatable bonds is 5. The number of benzene rings is 2. The molecule has 4 heteroatoms. The molecule has 1 aromatic heterocycles. The Labute approximate surface area is 129 Å². The minimum Gasteiger partial charge on any atom is -0.497 e. The molecule has 0 atom stereocenters. The Hall–Kier alpha value is -2.75. The van der Waals surface area contributed by atoms with Gasteiger partial charge in [-0.15, -0.1) is 0 Å². The van der Waals surface area contributed by atoms with Gasteiger partial charge in [0, 0.05) is 23.6 Å². The third kappa shape index (κ3) is 2.96. The van der Waals surface area contributed by atoms with Gasteiger partial charge in [-0.25, -0.2) is 0 Å². The lowest BCUT2D eigenvalue weighted by Gasteiger charge is -2.06.